The molecular formula is C26H35F2N3O3. The van der Waals surface area contributed by atoms with Gasteiger partial charge in [-0.05, 0) is 75.1 Å². The van der Waals surface area contributed by atoms with Gasteiger partial charge >= 0.3 is 0 Å². The highest BCUT2D eigenvalue weighted by Crippen LogP contribution is 2.38. The van der Waals surface area contributed by atoms with Crippen LogP contribution in [-0.4, -0.2) is 37.2 Å². The Labute approximate surface area is 200 Å². The van der Waals surface area contributed by atoms with Gasteiger partial charge in [0.15, 0.2) is 0 Å². The molecule has 0 aliphatic carbocycles. The van der Waals surface area contributed by atoms with E-state index in [1.54, 1.807) is 0 Å². The number of halogens is 2. The van der Waals surface area contributed by atoms with Crippen LogP contribution in [0.4, 0.5) is 8.78 Å². The maximum absolute atomic E-state index is 13.7. The Bertz CT molecular complexity index is 993. The fourth-order valence-electron chi connectivity index (χ4n) is 4.32. The summed E-state index contributed by atoms with van der Waals surface area (Å²) in [7, 11) is 0. The maximum atomic E-state index is 13.7. The van der Waals surface area contributed by atoms with Crippen molar-refractivity contribution in [2.24, 2.45) is 5.73 Å². The lowest BCUT2D eigenvalue weighted by Gasteiger charge is -2.38. The number of nitrogens with one attached hydrogen (secondary N) is 2. The molecule has 3 atom stereocenters. The first kappa shape index (κ1) is 26.1. The second-order valence-corrected chi connectivity index (χ2v) is 9.65. The average Bonchev–Trinajstić information content (AvgIpc) is 2.71. The number of ether oxygens (including phenoxy) is 2. The van der Waals surface area contributed by atoms with Crippen LogP contribution in [-0.2, 0) is 21.6 Å². The third-order valence-electron chi connectivity index (χ3n) is 5.91. The van der Waals surface area contributed by atoms with Crippen molar-refractivity contribution < 1.29 is 23.0 Å². The molecule has 1 aliphatic rings. The minimum atomic E-state index is -0.665. The van der Waals surface area contributed by atoms with E-state index >= 15 is 0 Å². The van der Waals surface area contributed by atoms with Crippen LogP contribution in [0.15, 0.2) is 36.4 Å². The van der Waals surface area contributed by atoms with Crippen molar-refractivity contribution in [1.82, 2.24) is 10.6 Å². The average molecular weight is 476 g/mol. The molecule has 4 N–H and O–H groups in total. The number of carbonyl (C=O) groups is 1. The zero-order valence-electron chi connectivity index (χ0n) is 20.5. The van der Waals surface area contributed by atoms with Gasteiger partial charge in [-0.1, -0.05) is 6.07 Å². The van der Waals surface area contributed by atoms with Crippen LogP contribution in [0.1, 0.15) is 57.4 Å². The van der Waals surface area contributed by atoms with Crippen LogP contribution in [0, 0.1) is 11.6 Å². The first-order valence-electron chi connectivity index (χ1n) is 11.6. The van der Waals surface area contributed by atoms with Crippen LogP contribution in [0.3, 0.4) is 0 Å². The lowest BCUT2D eigenvalue weighted by Crippen LogP contribution is -2.53. The summed E-state index contributed by atoms with van der Waals surface area (Å²) in [6.45, 7) is 10.2. The summed E-state index contributed by atoms with van der Waals surface area (Å²) >= 11 is 0. The van der Waals surface area contributed by atoms with E-state index in [-0.39, 0.29) is 24.5 Å². The molecule has 3 rings (SSSR count). The highest BCUT2D eigenvalue weighted by molar-refractivity contribution is 5.73. The topological polar surface area (TPSA) is 85.6 Å². The number of fused-ring (bicyclic) bond motifs is 1. The summed E-state index contributed by atoms with van der Waals surface area (Å²) in [6, 6.07) is 8.17. The molecule has 8 heteroatoms. The van der Waals surface area contributed by atoms with Gasteiger partial charge in [-0.25, -0.2) is 8.78 Å². The molecule has 0 saturated carbocycles. The number of amides is 1. The Morgan fingerprint density at radius 3 is 2.50 bits per heavy atom. The summed E-state index contributed by atoms with van der Waals surface area (Å²) in [5.41, 5.74) is 8.57. The van der Waals surface area contributed by atoms with E-state index in [2.05, 4.69) is 10.6 Å². The molecule has 0 radical (unpaired) electrons. The van der Waals surface area contributed by atoms with Gasteiger partial charge in [0, 0.05) is 31.6 Å². The quantitative estimate of drug-likeness (QED) is 0.515. The lowest BCUT2D eigenvalue weighted by molar-refractivity contribution is -0.119. The monoisotopic (exact) mass is 475 g/mol. The molecule has 0 aromatic heterocycles. The first-order chi connectivity index (χ1) is 15.9. The summed E-state index contributed by atoms with van der Waals surface area (Å²) in [5, 5.41) is 6.27. The molecular weight excluding hydrogens is 440 g/mol. The second-order valence-electron chi connectivity index (χ2n) is 9.65. The third-order valence-corrected chi connectivity index (χ3v) is 5.91. The number of carbonyl (C=O) groups excluding carboxylic acids is 1. The Morgan fingerprint density at radius 2 is 1.88 bits per heavy atom. The predicted molar refractivity (Wildman–Crippen MR) is 128 cm³/mol. The van der Waals surface area contributed by atoms with Crippen LogP contribution in [0.5, 0.6) is 5.75 Å². The molecule has 34 heavy (non-hydrogen) atoms. The van der Waals surface area contributed by atoms with E-state index in [0.717, 1.165) is 22.9 Å². The summed E-state index contributed by atoms with van der Waals surface area (Å²) < 4.78 is 39.3. The second kappa shape index (κ2) is 10.8. The molecule has 1 aliphatic heterocycles. The van der Waals surface area contributed by atoms with Crippen LogP contribution >= 0.6 is 0 Å². The Kier molecular flexibility index (Phi) is 8.28. The van der Waals surface area contributed by atoms with Crippen LogP contribution in [0.25, 0.3) is 0 Å². The zero-order valence-corrected chi connectivity index (χ0v) is 20.5. The molecule has 2 aromatic carbocycles. The van der Waals surface area contributed by atoms with Crippen LogP contribution < -0.4 is 21.1 Å². The largest absolute Gasteiger partial charge is 0.491 e. The number of hydrogen-bond donors (Lipinski definition) is 3. The molecule has 1 amide bonds. The van der Waals surface area contributed by atoms with Crippen molar-refractivity contribution in [2.75, 3.05) is 13.2 Å². The van der Waals surface area contributed by atoms with Crippen molar-refractivity contribution in [2.45, 2.75) is 70.9 Å². The van der Waals surface area contributed by atoms with Crippen molar-refractivity contribution in [1.29, 1.82) is 0 Å². The van der Waals surface area contributed by atoms with E-state index in [9.17, 15) is 13.6 Å². The molecule has 0 fully saturated rings. The van der Waals surface area contributed by atoms with Gasteiger partial charge < -0.3 is 25.8 Å². The van der Waals surface area contributed by atoms with Crippen molar-refractivity contribution >= 4 is 5.91 Å². The summed E-state index contributed by atoms with van der Waals surface area (Å²) in [4.78, 5) is 11.8. The van der Waals surface area contributed by atoms with E-state index in [1.807, 2.05) is 45.9 Å². The zero-order chi connectivity index (χ0) is 25.0. The molecule has 1 heterocycles. The molecule has 0 spiro atoms. The lowest BCUT2D eigenvalue weighted by atomic mass is 9.86. The SMILES string of the molecule is CC(=O)N[C@@H](Cc1cc(F)cc(F)c1)[C@H](N)CNC1COC(C)(C)c2ccc(OC(C)C)cc21. The molecule has 186 valence electrons. The normalized spacial score (nSPS) is 18.8. The fourth-order valence-corrected chi connectivity index (χ4v) is 4.32. The minimum Gasteiger partial charge on any atom is -0.491 e. The smallest absolute Gasteiger partial charge is 0.217 e. The van der Waals surface area contributed by atoms with Gasteiger partial charge in [0.2, 0.25) is 5.91 Å². The van der Waals surface area contributed by atoms with Crippen molar-refractivity contribution in [3.8, 4) is 5.75 Å². The van der Waals surface area contributed by atoms with Gasteiger partial charge in [-0.3, -0.25) is 4.79 Å². The number of nitrogens with two attached hydrogens (primary N) is 1. The molecule has 6 nitrogen and oxygen atoms in total. The Balaban J connectivity index is 1.76. The van der Waals surface area contributed by atoms with Crippen molar-refractivity contribution in [3.05, 3.63) is 64.7 Å². The summed E-state index contributed by atoms with van der Waals surface area (Å²) in [6.07, 6.45) is 0.255. The van der Waals surface area contributed by atoms with E-state index < -0.39 is 29.3 Å². The Morgan fingerprint density at radius 1 is 1.21 bits per heavy atom. The fraction of sp³-hybridized carbons (Fsp3) is 0.500. The van der Waals surface area contributed by atoms with Gasteiger partial charge in [-0.15, -0.1) is 0 Å². The number of hydrogen-bond acceptors (Lipinski definition) is 5. The minimum absolute atomic E-state index is 0.0526. The van der Waals surface area contributed by atoms with Gasteiger partial charge in [0.1, 0.15) is 17.4 Å². The summed E-state index contributed by atoms with van der Waals surface area (Å²) in [5.74, 6) is -0.810. The van der Waals surface area contributed by atoms with E-state index in [1.165, 1.54) is 19.1 Å². The third kappa shape index (κ3) is 6.74. The van der Waals surface area contributed by atoms with Gasteiger partial charge in [0.05, 0.1) is 24.4 Å². The van der Waals surface area contributed by atoms with Crippen molar-refractivity contribution in [3.63, 3.8) is 0 Å². The first-order valence-corrected chi connectivity index (χ1v) is 11.6. The van der Waals surface area contributed by atoms with Crippen LogP contribution in [0.2, 0.25) is 0 Å². The number of benzene rings is 2. The molecule has 1 unspecified atom stereocenters. The standard InChI is InChI=1S/C26H35F2N3O3/c1-15(2)34-20-6-7-22-21(12-20)25(14-33-26(22,4)5)30-13-23(29)24(31-16(3)32)10-17-8-18(27)11-19(28)9-17/h6-9,11-12,15,23-25,30H,10,13-14,29H2,1-5H3,(H,31,32)/t23-,24+,25?/m1/s1. The van der Waals surface area contributed by atoms with E-state index in [4.69, 9.17) is 15.2 Å². The molecule has 0 bridgehead atoms. The van der Waals surface area contributed by atoms with E-state index in [0.29, 0.717) is 18.7 Å². The number of rotatable bonds is 9. The highest BCUT2D eigenvalue weighted by Gasteiger charge is 2.34. The van der Waals surface area contributed by atoms with Gasteiger partial charge in [-0.2, -0.15) is 0 Å². The predicted octanol–water partition coefficient (Wildman–Crippen LogP) is 3.72. The molecule has 0 saturated heterocycles. The molecule has 2 aromatic rings. The maximum Gasteiger partial charge on any atom is 0.217 e. The van der Waals surface area contributed by atoms with Gasteiger partial charge in [0.25, 0.3) is 0 Å². The highest BCUT2D eigenvalue weighted by atomic mass is 19.1. The Hall–Kier alpha value is -2.55.